The number of fused-ring (bicyclic) bond motifs is 1. The zero-order valence-electron chi connectivity index (χ0n) is 9.82. The molecule has 0 spiro atoms. The van der Waals surface area contributed by atoms with Crippen molar-refractivity contribution in [3.8, 4) is 0 Å². The number of benzene rings is 2. The van der Waals surface area contributed by atoms with Gasteiger partial charge in [0.25, 0.3) is 0 Å². The second-order valence-electron chi connectivity index (χ2n) is 4.03. The van der Waals surface area contributed by atoms with Crippen molar-refractivity contribution in [1.29, 1.82) is 0 Å². The van der Waals surface area contributed by atoms with Crippen LogP contribution in [-0.2, 0) is 0 Å². The Labute approximate surface area is 136 Å². The molecule has 2 aromatic carbocycles. The van der Waals surface area contributed by atoms with Crippen LogP contribution in [0.15, 0.2) is 24.3 Å². The standard InChI is InChI=1S/C12H7ClFIN4S/c13-5-1-2-9-12(19-20-18-9)11(5)17-10-3-6(14)7(15)4-8(10)16/h1-4,17H,16H2. The highest BCUT2D eigenvalue weighted by atomic mass is 127. The van der Waals surface area contributed by atoms with E-state index >= 15 is 0 Å². The van der Waals surface area contributed by atoms with Crippen LogP contribution in [0.2, 0.25) is 5.02 Å². The van der Waals surface area contributed by atoms with E-state index in [4.69, 9.17) is 17.3 Å². The van der Waals surface area contributed by atoms with Gasteiger partial charge in [-0.1, -0.05) is 11.6 Å². The largest absolute Gasteiger partial charge is 0.397 e. The van der Waals surface area contributed by atoms with Gasteiger partial charge >= 0.3 is 0 Å². The second kappa shape index (κ2) is 5.30. The number of nitrogens with two attached hydrogens (primary N) is 1. The van der Waals surface area contributed by atoms with Crippen molar-refractivity contribution in [2.45, 2.75) is 0 Å². The van der Waals surface area contributed by atoms with Crippen LogP contribution in [-0.4, -0.2) is 8.75 Å². The van der Waals surface area contributed by atoms with Crippen molar-refractivity contribution in [2.75, 3.05) is 11.1 Å². The first-order valence-electron chi connectivity index (χ1n) is 5.48. The zero-order valence-corrected chi connectivity index (χ0v) is 13.6. The number of rotatable bonds is 2. The Morgan fingerprint density at radius 3 is 2.90 bits per heavy atom. The van der Waals surface area contributed by atoms with E-state index in [1.54, 1.807) is 18.2 Å². The SMILES string of the molecule is Nc1cc(I)c(F)cc1Nc1c(Cl)ccc2nsnc12. The van der Waals surface area contributed by atoms with Crippen molar-refractivity contribution in [3.63, 3.8) is 0 Å². The fraction of sp³-hybridized carbons (Fsp3) is 0. The predicted molar refractivity (Wildman–Crippen MR) is 89.2 cm³/mol. The molecule has 0 saturated heterocycles. The summed E-state index contributed by atoms with van der Waals surface area (Å²) in [7, 11) is 0. The lowest BCUT2D eigenvalue weighted by atomic mass is 10.2. The van der Waals surface area contributed by atoms with Crippen LogP contribution in [0.3, 0.4) is 0 Å². The smallest absolute Gasteiger partial charge is 0.138 e. The van der Waals surface area contributed by atoms with Crippen LogP contribution in [0.4, 0.5) is 21.5 Å². The fourth-order valence-corrected chi connectivity index (χ4v) is 2.98. The topological polar surface area (TPSA) is 63.8 Å². The van der Waals surface area contributed by atoms with E-state index in [-0.39, 0.29) is 5.82 Å². The summed E-state index contributed by atoms with van der Waals surface area (Å²) in [5, 5.41) is 3.52. The molecule has 0 aliphatic rings. The van der Waals surface area contributed by atoms with Crippen LogP contribution in [0, 0.1) is 9.39 Å². The molecule has 4 nitrogen and oxygen atoms in total. The van der Waals surface area contributed by atoms with Crippen LogP contribution >= 0.6 is 45.9 Å². The minimum Gasteiger partial charge on any atom is -0.397 e. The van der Waals surface area contributed by atoms with Gasteiger partial charge in [0.05, 0.1) is 37.4 Å². The van der Waals surface area contributed by atoms with Crippen molar-refractivity contribution in [1.82, 2.24) is 8.75 Å². The van der Waals surface area contributed by atoms with Gasteiger partial charge in [-0.05, 0) is 40.8 Å². The highest BCUT2D eigenvalue weighted by Crippen LogP contribution is 2.35. The fourth-order valence-electron chi connectivity index (χ4n) is 1.75. The summed E-state index contributed by atoms with van der Waals surface area (Å²) in [6.45, 7) is 0. The summed E-state index contributed by atoms with van der Waals surface area (Å²) >= 11 is 9.15. The number of aromatic nitrogens is 2. The van der Waals surface area contributed by atoms with E-state index < -0.39 is 0 Å². The van der Waals surface area contributed by atoms with E-state index in [1.165, 1.54) is 6.07 Å². The van der Waals surface area contributed by atoms with Gasteiger partial charge in [-0.25, -0.2) is 4.39 Å². The molecule has 0 aliphatic carbocycles. The highest BCUT2D eigenvalue weighted by Gasteiger charge is 2.13. The maximum atomic E-state index is 13.7. The highest BCUT2D eigenvalue weighted by molar-refractivity contribution is 14.1. The normalized spacial score (nSPS) is 10.9. The van der Waals surface area contributed by atoms with Crippen LogP contribution in [0.5, 0.6) is 0 Å². The second-order valence-corrected chi connectivity index (χ2v) is 6.13. The molecule has 3 aromatic rings. The van der Waals surface area contributed by atoms with E-state index in [2.05, 4.69) is 14.1 Å². The molecule has 0 radical (unpaired) electrons. The molecule has 1 heterocycles. The number of nitrogen functional groups attached to an aromatic ring is 1. The quantitative estimate of drug-likeness (QED) is 0.476. The molecule has 0 unspecified atom stereocenters. The number of hydrogen-bond donors (Lipinski definition) is 2. The third-order valence-electron chi connectivity index (χ3n) is 2.73. The van der Waals surface area contributed by atoms with Gasteiger partial charge in [-0.15, -0.1) is 0 Å². The summed E-state index contributed by atoms with van der Waals surface area (Å²) in [6.07, 6.45) is 0. The Hall–Kier alpha value is -1.19. The Morgan fingerprint density at radius 1 is 1.30 bits per heavy atom. The third-order valence-corrected chi connectivity index (χ3v) is 4.41. The molecule has 1 aromatic heterocycles. The summed E-state index contributed by atoms with van der Waals surface area (Å²) in [6, 6.07) is 6.40. The van der Waals surface area contributed by atoms with Crippen LogP contribution in [0.1, 0.15) is 0 Å². The van der Waals surface area contributed by atoms with Gasteiger partial charge < -0.3 is 11.1 Å². The van der Waals surface area contributed by atoms with Gasteiger partial charge in [-0.2, -0.15) is 8.75 Å². The Kier molecular flexibility index (Phi) is 3.65. The van der Waals surface area contributed by atoms with E-state index in [1.807, 2.05) is 22.6 Å². The average Bonchev–Trinajstić information content (AvgIpc) is 2.87. The molecule has 0 atom stereocenters. The zero-order chi connectivity index (χ0) is 14.3. The molecule has 20 heavy (non-hydrogen) atoms. The Bertz CT molecular complexity index is 807. The molecular formula is C12H7ClFIN4S. The van der Waals surface area contributed by atoms with Crippen molar-refractivity contribution < 1.29 is 4.39 Å². The Balaban J connectivity index is 2.12. The average molecular weight is 421 g/mol. The van der Waals surface area contributed by atoms with Crippen molar-refractivity contribution in [3.05, 3.63) is 38.7 Å². The molecular weight excluding hydrogens is 414 g/mol. The minimum absolute atomic E-state index is 0.345. The monoisotopic (exact) mass is 420 g/mol. The lowest BCUT2D eigenvalue weighted by Crippen LogP contribution is -2.00. The number of halogens is 3. The minimum atomic E-state index is -0.345. The summed E-state index contributed by atoms with van der Waals surface area (Å²) in [4.78, 5) is 0. The molecule has 0 amide bonds. The Morgan fingerprint density at radius 2 is 2.10 bits per heavy atom. The lowest BCUT2D eigenvalue weighted by Gasteiger charge is -2.12. The predicted octanol–water partition coefficient (Wildman–Crippen LogP) is 4.41. The molecule has 0 bridgehead atoms. The summed E-state index contributed by atoms with van der Waals surface area (Å²) in [5.41, 5.74) is 8.73. The number of anilines is 3. The first-order valence-corrected chi connectivity index (χ1v) is 7.67. The van der Waals surface area contributed by atoms with Gasteiger partial charge in [0.1, 0.15) is 16.9 Å². The molecule has 102 valence electrons. The van der Waals surface area contributed by atoms with Gasteiger partial charge in [0.15, 0.2) is 0 Å². The molecule has 0 fully saturated rings. The van der Waals surface area contributed by atoms with Crippen LogP contribution in [0.25, 0.3) is 11.0 Å². The van der Waals surface area contributed by atoms with E-state index in [9.17, 15) is 4.39 Å². The number of nitrogens with zero attached hydrogens (tertiary/aromatic N) is 2. The van der Waals surface area contributed by atoms with Gasteiger partial charge in [-0.3, -0.25) is 0 Å². The summed E-state index contributed by atoms with van der Waals surface area (Å²) < 4.78 is 22.5. The molecule has 0 aliphatic heterocycles. The molecule has 3 rings (SSSR count). The van der Waals surface area contributed by atoms with Crippen molar-refractivity contribution >= 4 is 74.0 Å². The van der Waals surface area contributed by atoms with E-state index in [0.717, 1.165) is 17.2 Å². The molecule has 3 N–H and O–H groups in total. The maximum Gasteiger partial charge on any atom is 0.138 e. The van der Waals surface area contributed by atoms with Gasteiger partial charge in [0, 0.05) is 6.07 Å². The first-order chi connectivity index (χ1) is 9.56. The number of nitrogens with one attached hydrogen (secondary N) is 1. The van der Waals surface area contributed by atoms with Crippen LogP contribution < -0.4 is 11.1 Å². The first kappa shape index (κ1) is 13.8. The van der Waals surface area contributed by atoms with Crippen molar-refractivity contribution in [2.24, 2.45) is 0 Å². The lowest BCUT2D eigenvalue weighted by molar-refractivity contribution is 0.621. The summed E-state index contributed by atoms with van der Waals surface area (Å²) in [5.74, 6) is -0.345. The maximum absolute atomic E-state index is 13.7. The molecule has 0 saturated carbocycles. The van der Waals surface area contributed by atoms with Gasteiger partial charge in [0.2, 0.25) is 0 Å². The third kappa shape index (κ3) is 2.40. The number of hydrogen-bond acceptors (Lipinski definition) is 5. The van der Waals surface area contributed by atoms with E-state index in [0.29, 0.717) is 31.2 Å². The molecule has 8 heteroatoms.